The maximum atomic E-state index is 4.70. The number of nitrogens with zero attached hydrogens (tertiary/aromatic N) is 2. The van der Waals surface area contributed by atoms with Crippen LogP contribution in [-0.2, 0) is 6.42 Å². The number of anilines is 1. The summed E-state index contributed by atoms with van der Waals surface area (Å²) in [7, 11) is 1.92. The first-order valence-corrected chi connectivity index (χ1v) is 8.45. The molecule has 5 heteroatoms. The number of aromatic nitrogens is 2. The maximum absolute atomic E-state index is 4.70. The van der Waals surface area contributed by atoms with Gasteiger partial charge in [0.1, 0.15) is 11.6 Å². The van der Waals surface area contributed by atoms with E-state index >= 15 is 0 Å². The molecule has 1 aliphatic rings. The van der Waals surface area contributed by atoms with Crippen molar-refractivity contribution in [1.82, 2.24) is 9.97 Å². The molecular weight excluding hydrogens is 262 g/mol. The summed E-state index contributed by atoms with van der Waals surface area (Å²) in [5.74, 6) is 3.05. The highest BCUT2D eigenvalue weighted by Gasteiger charge is 2.28. The van der Waals surface area contributed by atoms with Crippen molar-refractivity contribution < 1.29 is 0 Å². The van der Waals surface area contributed by atoms with E-state index in [1.54, 1.807) is 0 Å². The van der Waals surface area contributed by atoms with Crippen LogP contribution in [0.4, 0.5) is 5.82 Å². The van der Waals surface area contributed by atoms with Crippen molar-refractivity contribution in [1.29, 1.82) is 0 Å². The van der Waals surface area contributed by atoms with Crippen LogP contribution in [0.2, 0.25) is 0 Å². The van der Waals surface area contributed by atoms with E-state index < -0.39 is 0 Å². The summed E-state index contributed by atoms with van der Waals surface area (Å²) in [6.07, 6.45) is 0.959. The lowest BCUT2D eigenvalue weighted by Gasteiger charge is -2.30. The van der Waals surface area contributed by atoms with Crippen LogP contribution in [-0.4, -0.2) is 33.3 Å². The average Bonchev–Trinajstić information content (AvgIpc) is 2.41. The molecule has 0 amide bonds. The Morgan fingerprint density at radius 3 is 2.72 bits per heavy atom. The fourth-order valence-electron chi connectivity index (χ4n) is 1.89. The quantitative estimate of drug-likeness (QED) is 0.920. The molecule has 1 aromatic rings. The predicted octanol–water partition coefficient (Wildman–Crippen LogP) is 3.38. The molecular formula is C13H21N3S2. The Kier molecular flexibility index (Phi) is 4.78. The number of rotatable bonds is 3. The van der Waals surface area contributed by atoms with Gasteiger partial charge in [-0.05, 0) is 6.42 Å². The molecule has 3 nitrogen and oxygen atoms in total. The van der Waals surface area contributed by atoms with Crippen LogP contribution < -0.4 is 5.32 Å². The smallest absolute Gasteiger partial charge is 0.144 e. The van der Waals surface area contributed by atoms with Crippen molar-refractivity contribution in [2.24, 2.45) is 0 Å². The molecule has 0 saturated carbocycles. The van der Waals surface area contributed by atoms with E-state index in [0.717, 1.165) is 34.8 Å². The lowest BCUT2D eigenvalue weighted by atomic mass is 10.3. The molecule has 1 fully saturated rings. The highest BCUT2D eigenvalue weighted by atomic mass is 32.2. The Bertz CT molecular complexity index is 389. The Hall–Kier alpha value is -0.420. The molecule has 0 spiro atoms. The molecule has 0 aromatic carbocycles. The average molecular weight is 283 g/mol. The molecule has 0 aliphatic carbocycles. The van der Waals surface area contributed by atoms with Crippen LogP contribution in [0.3, 0.4) is 0 Å². The van der Waals surface area contributed by atoms with Gasteiger partial charge in [0.15, 0.2) is 0 Å². The molecule has 3 unspecified atom stereocenters. The van der Waals surface area contributed by atoms with Gasteiger partial charge in [-0.1, -0.05) is 20.8 Å². The monoisotopic (exact) mass is 283 g/mol. The molecule has 1 saturated heterocycles. The zero-order chi connectivity index (χ0) is 13.1. The predicted molar refractivity (Wildman–Crippen MR) is 82.7 cm³/mol. The molecule has 1 aromatic heterocycles. The summed E-state index contributed by atoms with van der Waals surface area (Å²) < 4.78 is 0. The zero-order valence-electron chi connectivity index (χ0n) is 11.4. The summed E-state index contributed by atoms with van der Waals surface area (Å²) in [6, 6.07) is 2.04. The van der Waals surface area contributed by atoms with Gasteiger partial charge in [0.05, 0.1) is 5.25 Å². The molecule has 2 heterocycles. The van der Waals surface area contributed by atoms with Gasteiger partial charge in [-0.3, -0.25) is 0 Å². The minimum absolute atomic E-state index is 0.430. The molecule has 3 atom stereocenters. The van der Waals surface area contributed by atoms with Gasteiger partial charge in [-0.25, -0.2) is 9.97 Å². The fourth-order valence-corrected chi connectivity index (χ4v) is 4.73. The summed E-state index contributed by atoms with van der Waals surface area (Å²) >= 11 is 4.05. The van der Waals surface area contributed by atoms with E-state index in [1.165, 1.54) is 0 Å². The Balaban J connectivity index is 2.22. The lowest BCUT2D eigenvalue weighted by molar-refractivity contribution is 0.843. The zero-order valence-corrected chi connectivity index (χ0v) is 13.1. The number of hydrogen-bond donors (Lipinski definition) is 1. The standard InChI is InChI=1S/C13H21N3S2/c1-5-10-6-12(14-4)16-13(15-10)11-7-17-8(2)9(3)18-11/h6,8-9,11H,5,7H2,1-4H3,(H,14,15,16). The summed E-state index contributed by atoms with van der Waals surface area (Å²) in [5.41, 5.74) is 1.13. The molecule has 2 rings (SSSR count). The van der Waals surface area contributed by atoms with Crippen molar-refractivity contribution in [3.05, 3.63) is 17.6 Å². The third-order valence-electron chi connectivity index (χ3n) is 3.25. The largest absolute Gasteiger partial charge is 0.373 e. The molecule has 18 heavy (non-hydrogen) atoms. The minimum Gasteiger partial charge on any atom is -0.373 e. The number of thioether (sulfide) groups is 2. The number of aryl methyl sites for hydroxylation is 1. The maximum Gasteiger partial charge on any atom is 0.144 e. The normalized spacial score (nSPS) is 28.1. The van der Waals surface area contributed by atoms with Crippen molar-refractivity contribution in [2.45, 2.75) is 42.9 Å². The van der Waals surface area contributed by atoms with Crippen LogP contribution in [0, 0.1) is 0 Å². The first kappa shape index (κ1) is 14.0. The van der Waals surface area contributed by atoms with E-state index in [2.05, 4.69) is 31.1 Å². The van der Waals surface area contributed by atoms with Gasteiger partial charge < -0.3 is 5.32 Å². The number of hydrogen-bond acceptors (Lipinski definition) is 5. The molecule has 1 aliphatic heterocycles. The van der Waals surface area contributed by atoms with E-state index in [4.69, 9.17) is 4.98 Å². The highest BCUT2D eigenvalue weighted by Crippen LogP contribution is 2.43. The van der Waals surface area contributed by atoms with Crippen molar-refractivity contribution in [2.75, 3.05) is 18.1 Å². The van der Waals surface area contributed by atoms with E-state index in [0.29, 0.717) is 10.5 Å². The van der Waals surface area contributed by atoms with Gasteiger partial charge in [0, 0.05) is 35.1 Å². The van der Waals surface area contributed by atoms with E-state index in [9.17, 15) is 0 Å². The van der Waals surface area contributed by atoms with Gasteiger partial charge in [-0.15, -0.1) is 11.8 Å². The minimum atomic E-state index is 0.430. The molecule has 0 bridgehead atoms. The third kappa shape index (κ3) is 3.12. The van der Waals surface area contributed by atoms with Crippen molar-refractivity contribution in [3.63, 3.8) is 0 Å². The van der Waals surface area contributed by atoms with Gasteiger partial charge >= 0.3 is 0 Å². The van der Waals surface area contributed by atoms with Gasteiger partial charge in [-0.2, -0.15) is 11.8 Å². The Morgan fingerprint density at radius 1 is 1.33 bits per heavy atom. The van der Waals surface area contributed by atoms with Gasteiger partial charge in [0.25, 0.3) is 0 Å². The van der Waals surface area contributed by atoms with Crippen LogP contribution in [0.5, 0.6) is 0 Å². The van der Waals surface area contributed by atoms with Crippen LogP contribution in [0.1, 0.15) is 37.5 Å². The summed E-state index contributed by atoms with van der Waals surface area (Å²) in [6.45, 7) is 6.75. The molecule has 100 valence electrons. The Labute approximate surface area is 118 Å². The van der Waals surface area contributed by atoms with E-state index in [-0.39, 0.29) is 0 Å². The SMILES string of the molecule is CCc1cc(NC)nc(C2CSC(C)C(C)S2)n1. The lowest BCUT2D eigenvalue weighted by Crippen LogP contribution is -2.23. The summed E-state index contributed by atoms with van der Waals surface area (Å²) in [4.78, 5) is 9.32. The van der Waals surface area contributed by atoms with Crippen molar-refractivity contribution >= 4 is 29.3 Å². The Morgan fingerprint density at radius 2 is 2.11 bits per heavy atom. The first-order chi connectivity index (χ1) is 8.63. The fraction of sp³-hybridized carbons (Fsp3) is 0.692. The first-order valence-electron chi connectivity index (χ1n) is 6.46. The topological polar surface area (TPSA) is 37.8 Å². The van der Waals surface area contributed by atoms with E-state index in [1.807, 2.05) is 36.6 Å². The van der Waals surface area contributed by atoms with Crippen LogP contribution in [0.15, 0.2) is 6.07 Å². The summed E-state index contributed by atoms with van der Waals surface area (Å²) in [5, 5.41) is 4.96. The van der Waals surface area contributed by atoms with Crippen LogP contribution in [0.25, 0.3) is 0 Å². The molecule has 1 N–H and O–H groups in total. The third-order valence-corrected chi connectivity index (χ3v) is 6.64. The second-order valence-corrected chi connectivity index (χ2v) is 7.57. The van der Waals surface area contributed by atoms with Crippen LogP contribution >= 0.6 is 23.5 Å². The number of nitrogens with one attached hydrogen (secondary N) is 1. The second kappa shape index (κ2) is 6.15. The molecule has 0 radical (unpaired) electrons. The second-order valence-electron chi connectivity index (χ2n) is 4.57. The highest BCUT2D eigenvalue weighted by molar-refractivity contribution is 8.07. The van der Waals surface area contributed by atoms with Gasteiger partial charge in [0.2, 0.25) is 0 Å². The van der Waals surface area contributed by atoms with Crippen molar-refractivity contribution in [3.8, 4) is 0 Å².